The molecule has 102 valence electrons. The molecule has 0 aromatic rings. The standard InChI is InChI=1S/C14H30N2O/c1-13(11-15-9-10-17-2)16-12-14-7-5-3-4-6-8-14/h13-16H,3-12H2,1-2H3. The Kier molecular flexibility index (Phi) is 8.67. The van der Waals surface area contributed by atoms with E-state index in [0.717, 1.165) is 25.6 Å². The number of rotatable bonds is 8. The SMILES string of the molecule is COCCNCC(C)NCC1CCCCCC1. The fraction of sp³-hybridized carbons (Fsp3) is 1.00. The average molecular weight is 242 g/mol. The molecule has 0 aliphatic heterocycles. The van der Waals surface area contributed by atoms with Gasteiger partial charge in [0.15, 0.2) is 0 Å². The molecule has 1 aliphatic carbocycles. The Morgan fingerprint density at radius 1 is 1.18 bits per heavy atom. The van der Waals surface area contributed by atoms with E-state index in [1.165, 1.54) is 45.1 Å². The highest BCUT2D eigenvalue weighted by molar-refractivity contribution is 4.70. The van der Waals surface area contributed by atoms with Gasteiger partial charge in [-0.05, 0) is 32.2 Å². The quantitative estimate of drug-likeness (QED) is 0.505. The van der Waals surface area contributed by atoms with Gasteiger partial charge in [0.1, 0.15) is 0 Å². The van der Waals surface area contributed by atoms with E-state index in [2.05, 4.69) is 17.6 Å². The van der Waals surface area contributed by atoms with E-state index in [4.69, 9.17) is 4.74 Å². The maximum atomic E-state index is 5.01. The number of nitrogens with one attached hydrogen (secondary N) is 2. The summed E-state index contributed by atoms with van der Waals surface area (Å²) in [5, 5.41) is 7.05. The molecule has 1 unspecified atom stereocenters. The van der Waals surface area contributed by atoms with Gasteiger partial charge in [0.05, 0.1) is 6.61 Å². The number of ether oxygens (including phenoxy) is 1. The molecule has 0 aromatic heterocycles. The lowest BCUT2D eigenvalue weighted by Crippen LogP contribution is -2.39. The zero-order valence-corrected chi connectivity index (χ0v) is 11.6. The monoisotopic (exact) mass is 242 g/mol. The lowest BCUT2D eigenvalue weighted by Gasteiger charge is -2.19. The van der Waals surface area contributed by atoms with Crippen molar-refractivity contribution >= 4 is 0 Å². The molecule has 1 atom stereocenters. The molecule has 0 heterocycles. The molecule has 0 saturated heterocycles. The van der Waals surface area contributed by atoms with E-state index in [0.29, 0.717) is 6.04 Å². The number of hydrogen-bond acceptors (Lipinski definition) is 3. The summed E-state index contributed by atoms with van der Waals surface area (Å²) in [6.07, 6.45) is 8.63. The topological polar surface area (TPSA) is 33.3 Å². The summed E-state index contributed by atoms with van der Waals surface area (Å²) >= 11 is 0. The zero-order chi connectivity index (χ0) is 12.3. The van der Waals surface area contributed by atoms with E-state index in [1.54, 1.807) is 7.11 Å². The molecule has 1 saturated carbocycles. The van der Waals surface area contributed by atoms with Crippen molar-refractivity contribution < 1.29 is 4.74 Å². The first kappa shape index (κ1) is 14.9. The van der Waals surface area contributed by atoms with Crippen LogP contribution < -0.4 is 10.6 Å². The molecule has 3 nitrogen and oxygen atoms in total. The van der Waals surface area contributed by atoms with Crippen molar-refractivity contribution in [3.63, 3.8) is 0 Å². The Labute approximate surface area is 107 Å². The van der Waals surface area contributed by atoms with Crippen molar-refractivity contribution in [2.45, 2.75) is 51.5 Å². The van der Waals surface area contributed by atoms with Crippen LogP contribution in [0, 0.1) is 5.92 Å². The highest BCUT2D eigenvalue weighted by Crippen LogP contribution is 2.22. The Balaban J connectivity index is 1.99. The van der Waals surface area contributed by atoms with Gasteiger partial charge in [-0.2, -0.15) is 0 Å². The van der Waals surface area contributed by atoms with Crippen LogP contribution in [0.2, 0.25) is 0 Å². The van der Waals surface area contributed by atoms with Crippen molar-refractivity contribution in [1.82, 2.24) is 10.6 Å². The van der Waals surface area contributed by atoms with Gasteiger partial charge in [-0.25, -0.2) is 0 Å². The predicted molar refractivity (Wildman–Crippen MR) is 73.4 cm³/mol. The van der Waals surface area contributed by atoms with Gasteiger partial charge in [-0.1, -0.05) is 25.7 Å². The van der Waals surface area contributed by atoms with Gasteiger partial charge in [0.25, 0.3) is 0 Å². The predicted octanol–water partition coefficient (Wildman–Crippen LogP) is 2.17. The van der Waals surface area contributed by atoms with Crippen LogP contribution in [0.4, 0.5) is 0 Å². The van der Waals surface area contributed by atoms with Gasteiger partial charge >= 0.3 is 0 Å². The first-order valence-corrected chi connectivity index (χ1v) is 7.26. The minimum Gasteiger partial charge on any atom is -0.383 e. The minimum absolute atomic E-state index is 0.565. The van der Waals surface area contributed by atoms with Crippen molar-refractivity contribution in [2.24, 2.45) is 5.92 Å². The van der Waals surface area contributed by atoms with Crippen LogP contribution in [0.3, 0.4) is 0 Å². The van der Waals surface area contributed by atoms with Crippen LogP contribution in [0.5, 0.6) is 0 Å². The van der Waals surface area contributed by atoms with E-state index < -0.39 is 0 Å². The summed E-state index contributed by atoms with van der Waals surface area (Å²) in [6.45, 7) is 6.25. The first-order chi connectivity index (χ1) is 8.33. The molecule has 0 radical (unpaired) electrons. The molecular weight excluding hydrogens is 212 g/mol. The molecule has 0 spiro atoms. The first-order valence-electron chi connectivity index (χ1n) is 7.26. The molecular formula is C14H30N2O. The maximum absolute atomic E-state index is 5.01. The fourth-order valence-corrected chi connectivity index (χ4v) is 2.50. The molecule has 0 amide bonds. The second-order valence-electron chi connectivity index (χ2n) is 5.36. The largest absolute Gasteiger partial charge is 0.383 e. The van der Waals surface area contributed by atoms with E-state index >= 15 is 0 Å². The maximum Gasteiger partial charge on any atom is 0.0587 e. The van der Waals surface area contributed by atoms with E-state index in [1.807, 2.05) is 0 Å². The summed E-state index contributed by atoms with van der Waals surface area (Å²) in [7, 11) is 1.75. The van der Waals surface area contributed by atoms with Crippen LogP contribution in [0.1, 0.15) is 45.4 Å². The third kappa shape index (κ3) is 7.74. The number of methoxy groups -OCH3 is 1. The summed E-state index contributed by atoms with van der Waals surface area (Å²) < 4.78 is 5.01. The van der Waals surface area contributed by atoms with Gasteiger partial charge in [0.2, 0.25) is 0 Å². The van der Waals surface area contributed by atoms with Crippen LogP contribution in [-0.2, 0) is 4.74 Å². The Morgan fingerprint density at radius 3 is 2.53 bits per heavy atom. The van der Waals surface area contributed by atoms with Gasteiger partial charge in [-0.15, -0.1) is 0 Å². The lowest BCUT2D eigenvalue weighted by molar-refractivity contribution is 0.198. The van der Waals surface area contributed by atoms with E-state index in [-0.39, 0.29) is 0 Å². The molecule has 1 rings (SSSR count). The van der Waals surface area contributed by atoms with Crippen LogP contribution in [-0.4, -0.2) is 39.4 Å². The highest BCUT2D eigenvalue weighted by atomic mass is 16.5. The third-order valence-electron chi connectivity index (χ3n) is 3.66. The molecule has 17 heavy (non-hydrogen) atoms. The average Bonchev–Trinajstić information content (AvgIpc) is 2.60. The van der Waals surface area contributed by atoms with Crippen molar-refractivity contribution in [2.75, 3.05) is 33.4 Å². The highest BCUT2D eigenvalue weighted by Gasteiger charge is 2.12. The second kappa shape index (κ2) is 9.86. The summed E-state index contributed by atoms with van der Waals surface area (Å²) in [5.74, 6) is 0.916. The zero-order valence-electron chi connectivity index (χ0n) is 11.6. The molecule has 3 heteroatoms. The normalized spacial score (nSPS) is 20.1. The van der Waals surface area contributed by atoms with Crippen LogP contribution in [0.15, 0.2) is 0 Å². The van der Waals surface area contributed by atoms with Crippen molar-refractivity contribution in [3.8, 4) is 0 Å². The fourth-order valence-electron chi connectivity index (χ4n) is 2.50. The molecule has 1 aliphatic rings. The second-order valence-corrected chi connectivity index (χ2v) is 5.36. The van der Waals surface area contributed by atoms with Gasteiger partial charge in [0, 0.05) is 26.2 Å². The molecule has 1 fully saturated rings. The lowest BCUT2D eigenvalue weighted by atomic mass is 10.0. The van der Waals surface area contributed by atoms with Crippen LogP contribution >= 0.6 is 0 Å². The summed E-state index contributed by atoms with van der Waals surface area (Å²) in [6, 6.07) is 0.565. The van der Waals surface area contributed by atoms with Crippen molar-refractivity contribution in [3.05, 3.63) is 0 Å². The Morgan fingerprint density at radius 2 is 1.88 bits per heavy atom. The summed E-state index contributed by atoms with van der Waals surface area (Å²) in [4.78, 5) is 0. The number of hydrogen-bond donors (Lipinski definition) is 2. The molecule has 0 bridgehead atoms. The summed E-state index contributed by atoms with van der Waals surface area (Å²) in [5.41, 5.74) is 0. The van der Waals surface area contributed by atoms with Gasteiger partial charge < -0.3 is 15.4 Å². The molecule has 2 N–H and O–H groups in total. The Hall–Kier alpha value is -0.120. The molecule has 0 aromatic carbocycles. The van der Waals surface area contributed by atoms with Crippen LogP contribution in [0.25, 0.3) is 0 Å². The van der Waals surface area contributed by atoms with E-state index in [9.17, 15) is 0 Å². The van der Waals surface area contributed by atoms with Crippen molar-refractivity contribution in [1.29, 1.82) is 0 Å². The smallest absolute Gasteiger partial charge is 0.0587 e. The van der Waals surface area contributed by atoms with Gasteiger partial charge in [-0.3, -0.25) is 0 Å². The Bertz CT molecular complexity index is 168. The minimum atomic E-state index is 0.565. The third-order valence-corrected chi connectivity index (χ3v) is 3.66.